The predicted octanol–water partition coefficient (Wildman–Crippen LogP) is 3.26. The fraction of sp³-hybridized carbons (Fsp3) is 0.565. The highest BCUT2D eigenvalue weighted by molar-refractivity contribution is 5.84. The lowest BCUT2D eigenvalue weighted by Crippen LogP contribution is -2.61. The molecule has 14 heteroatoms. The third-order valence-electron chi connectivity index (χ3n) is 6.27. The van der Waals surface area contributed by atoms with Crippen molar-refractivity contribution in [1.82, 2.24) is 29.9 Å². The number of nitrogens with one attached hydrogen (secondary N) is 1. The summed E-state index contributed by atoms with van der Waals surface area (Å²) in [7, 11) is 1.40. The molecule has 9 nitrogen and oxygen atoms in total. The number of likely N-dealkylation sites (N-methyl/N-ethyl adjacent to an activating group) is 1. The number of carbonyl (C=O) groups excluding carboxylic acids is 2. The smallest absolute Gasteiger partial charge is 0.444 e. The van der Waals surface area contributed by atoms with Crippen molar-refractivity contribution in [2.75, 3.05) is 13.6 Å². The topological polar surface area (TPSA) is 92.6 Å². The first-order valence-corrected chi connectivity index (χ1v) is 11.6. The van der Waals surface area contributed by atoms with Crippen molar-refractivity contribution in [2.45, 2.75) is 70.2 Å². The van der Waals surface area contributed by atoms with Crippen molar-refractivity contribution in [3.8, 4) is 0 Å². The number of fused-ring (bicyclic) bond motifs is 1. The standard InChI is InChI=1S/C23H27F5N6O3/c1-22(2,3)37-21(36)29-15-10-16(19(35)32(4)18(15)13-9-12(24)5-6-14(13)25)33-7-8-34-17(11-33)30-20(31-34)23(26,27)28/h5-6,9,15-16,18H,7-8,10-11H2,1-4H3,(H,29,36). The summed E-state index contributed by atoms with van der Waals surface area (Å²) in [5.74, 6) is -3.15. The molecule has 1 saturated heterocycles. The SMILES string of the molecule is CN1C(=O)C(N2CCn3nc(C(F)(F)F)nc3C2)CC(NC(=O)OC(C)(C)C)C1c1cc(F)ccc1F. The van der Waals surface area contributed by atoms with Gasteiger partial charge in [0, 0.05) is 19.2 Å². The van der Waals surface area contributed by atoms with Gasteiger partial charge in [0.25, 0.3) is 5.82 Å². The Balaban J connectivity index is 1.64. The zero-order chi connectivity index (χ0) is 27.3. The molecule has 0 saturated carbocycles. The van der Waals surface area contributed by atoms with Gasteiger partial charge in [-0.2, -0.15) is 13.2 Å². The Morgan fingerprint density at radius 3 is 2.51 bits per heavy atom. The number of nitrogens with zero attached hydrogens (tertiary/aromatic N) is 5. The molecule has 2 aromatic rings. The highest BCUT2D eigenvalue weighted by Crippen LogP contribution is 2.36. The van der Waals surface area contributed by atoms with Crippen molar-refractivity contribution < 1.29 is 36.3 Å². The van der Waals surface area contributed by atoms with Crippen LogP contribution < -0.4 is 5.32 Å². The number of carbonyl (C=O) groups is 2. The fourth-order valence-corrected chi connectivity index (χ4v) is 4.72. The van der Waals surface area contributed by atoms with Crippen LogP contribution in [0.1, 0.15) is 50.4 Å². The van der Waals surface area contributed by atoms with Gasteiger partial charge in [0.2, 0.25) is 5.91 Å². The molecule has 202 valence electrons. The Bertz CT molecular complexity index is 1190. The maximum atomic E-state index is 14.8. The van der Waals surface area contributed by atoms with E-state index in [4.69, 9.17) is 4.74 Å². The number of alkyl halides is 3. The molecule has 37 heavy (non-hydrogen) atoms. The lowest BCUT2D eigenvalue weighted by atomic mass is 9.86. The van der Waals surface area contributed by atoms with Gasteiger partial charge in [0.15, 0.2) is 0 Å². The van der Waals surface area contributed by atoms with Crippen LogP contribution >= 0.6 is 0 Å². The van der Waals surface area contributed by atoms with Crippen molar-refractivity contribution in [2.24, 2.45) is 0 Å². The predicted molar refractivity (Wildman–Crippen MR) is 119 cm³/mol. The van der Waals surface area contributed by atoms with Crippen molar-refractivity contribution >= 4 is 12.0 Å². The summed E-state index contributed by atoms with van der Waals surface area (Å²) in [4.78, 5) is 32.5. The van der Waals surface area contributed by atoms with Crippen LogP contribution in [-0.4, -0.2) is 67.8 Å². The van der Waals surface area contributed by atoms with Gasteiger partial charge in [-0.3, -0.25) is 9.69 Å². The van der Waals surface area contributed by atoms with Crippen LogP contribution in [0.15, 0.2) is 18.2 Å². The minimum absolute atomic E-state index is 0.0245. The molecule has 1 fully saturated rings. The molecule has 0 spiro atoms. The van der Waals surface area contributed by atoms with E-state index in [0.717, 1.165) is 22.9 Å². The molecule has 3 unspecified atom stereocenters. The van der Waals surface area contributed by atoms with E-state index in [1.807, 2.05) is 0 Å². The summed E-state index contributed by atoms with van der Waals surface area (Å²) < 4.78 is 74.5. The van der Waals surface area contributed by atoms with Crippen LogP contribution in [0, 0.1) is 11.6 Å². The highest BCUT2D eigenvalue weighted by atomic mass is 19.4. The summed E-state index contributed by atoms with van der Waals surface area (Å²) in [5.41, 5.74) is -0.962. The van der Waals surface area contributed by atoms with Crippen LogP contribution in [0.3, 0.4) is 0 Å². The minimum atomic E-state index is -4.71. The summed E-state index contributed by atoms with van der Waals surface area (Å²) in [5, 5.41) is 6.18. The monoisotopic (exact) mass is 530 g/mol. The van der Waals surface area contributed by atoms with Crippen molar-refractivity contribution in [3.05, 3.63) is 47.0 Å². The molecule has 3 heterocycles. The maximum absolute atomic E-state index is 14.8. The van der Waals surface area contributed by atoms with Gasteiger partial charge >= 0.3 is 12.3 Å². The van der Waals surface area contributed by atoms with Crippen LogP contribution in [0.2, 0.25) is 0 Å². The Hall–Kier alpha value is -3.29. The molecule has 0 aliphatic carbocycles. The van der Waals surface area contributed by atoms with Crippen molar-refractivity contribution in [1.29, 1.82) is 0 Å². The lowest BCUT2D eigenvalue weighted by Gasteiger charge is -2.46. The Labute approximate surface area is 209 Å². The van der Waals surface area contributed by atoms with Crippen LogP contribution in [-0.2, 0) is 28.8 Å². The number of likely N-dealkylation sites (tertiary alicyclic amines) is 1. The number of halogens is 5. The van der Waals surface area contributed by atoms with Gasteiger partial charge in [0.05, 0.1) is 31.2 Å². The summed E-state index contributed by atoms with van der Waals surface area (Å²) >= 11 is 0. The Kier molecular flexibility index (Phi) is 6.90. The third kappa shape index (κ3) is 5.68. The number of amides is 2. The normalized spacial score (nSPS) is 23.1. The molecule has 2 amide bonds. The third-order valence-corrected chi connectivity index (χ3v) is 6.27. The Morgan fingerprint density at radius 2 is 1.86 bits per heavy atom. The zero-order valence-corrected chi connectivity index (χ0v) is 20.6. The van der Waals surface area contributed by atoms with Gasteiger partial charge in [-0.15, -0.1) is 5.10 Å². The minimum Gasteiger partial charge on any atom is -0.444 e. The largest absolute Gasteiger partial charge is 0.453 e. The molecular formula is C23H27F5N6O3. The second kappa shape index (κ2) is 9.54. The van der Waals surface area contributed by atoms with Gasteiger partial charge in [-0.25, -0.2) is 23.2 Å². The van der Waals surface area contributed by atoms with Crippen LogP contribution in [0.25, 0.3) is 0 Å². The van der Waals surface area contributed by atoms with Gasteiger partial charge < -0.3 is 15.0 Å². The Morgan fingerprint density at radius 1 is 1.16 bits per heavy atom. The first-order chi connectivity index (χ1) is 17.1. The van der Waals surface area contributed by atoms with E-state index in [1.54, 1.807) is 25.7 Å². The quantitative estimate of drug-likeness (QED) is 0.613. The first kappa shape index (κ1) is 26.8. The number of hydrogen-bond donors (Lipinski definition) is 1. The molecule has 4 rings (SSSR count). The number of ether oxygens (including phenoxy) is 1. The zero-order valence-electron chi connectivity index (χ0n) is 20.6. The van der Waals surface area contributed by atoms with E-state index in [9.17, 15) is 31.5 Å². The average molecular weight is 530 g/mol. The number of rotatable bonds is 3. The van der Waals surface area contributed by atoms with E-state index in [-0.39, 0.29) is 37.4 Å². The summed E-state index contributed by atoms with van der Waals surface area (Å²) in [6.07, 6.45) is -5.54. The van der Waals surface area contributed by atoms with Crippen molar-refractivity contribution in [3.63, 3.8) is 0 Å². The van der Waals surface area contributed by atoms with E-state index in [2.05, 4.69) is 15.4 Å². The fourth-order valence-electron chi connectivity index (χ4n) is 4.72. The molecular weight excluding hydrogens is 503 g/mol. The molecule has 3 atom stereocenters. The average Bonchev–Trinajstić information content (AvgIpc) is 3.21. The van der Waals surface area contributed by atoms with Gasteiger partial charge in [0.1, 0.15) is 23.1 Å². The number of hydrogen-bond acceptors (Lipinski definition) is 6. The summed E-state index contributed by atoms with van der Waals surface area (Å²) in [6, 6.07) is 0.0200. The molecule has 1 aromatic carbocycles. The van der Waals surface area contributed by atoms with Gasteiger partial charge in [-0.1, -0.05) is 0 Å². The van der Waals surface area contributed by atoms with Crippen LogP contribution in [0.4, 0.5) is 26.7 Å². The highest BCUT2D eigenvalue weighted by Gasteiger charge is 2.46. The molecule has 2 aliphatic heterocycles. The second-order valence-corrected chi connectivity index (χ2v) is 10.1. The second-order valence-electron chi connectivity index (χ2n) is 10.1. The molecule has 0 radical (unpaired) electrons. The van der Waals surface area contributed by atoms with E-state index in [0.29, 0.717) is 0 Å². The maximum Gasteiger partial charge on any atom is 0.453 e. The lowest BCUT2D eigenvalue weighted by molar-refractivity contribution is -0.145. The number of alkyl carbamates (subject to hydrolysis) is 1. The molecule has 2 aliphatic rings. The molecule has 1 aromatic heterocycles. The number of benzene rings is 1. The summed E-state index contributed by atoms with van der Waals surface area (Å²) in [6.45, 7) is 5.15. The van der Waals surface area contributed by atoms with E-state index >= 15 is 0 Å². The number of piperidine rings is 1. The van der Waals surface area contributed by atoms with Gasteiger partial charge in [-0.05, 0) is 45.4 Å². The van der Waals surface area contributed by atoms with E-state index < -0.39 is 59.4 Å². The molecule has 1 N–H and O–H groups in total. The van der Waals surface area contributed by atoms with E-state index in [1.165, 1.54) is 11.9 Å². The van der Waals surface area contributed by atoms with Crippen LogP contribution in [0.5, 0.6) is 0 Å². The molecule has 0 bridgehead atoms. The first-order valence-electron chi connectivity index (χ1n) is 11.6. The number of aromatic nitrogens is 3.